The molecular formula is C25H28F2N4O2. The van der Waals surface area contributed by atoms with Crippen molar-refractivity contribution >= 4 is 17.1 Å². The van der Waals surface area contributed by atoms with Crippen molar-refractivity contribution in [3.8, 4) is 0 Å². The molecule has 2 aromatic heterocycles. The SMILES string of the molecule is O=C(NC1CCCC(CO)C1)c1cnn2ccc(N3CCC[C@@H]3c3cc(F)ccc3F)cc12. The van der Waals surface area contributed by atoms with Crippen molar-refractivity contribution in [2.24, 2.45) is 5.92 Å². The number of aromatic nitrogens is 2. The third-order valence-corrected chi connectivity index (χ3v) is 7.03. The lowest BCUT2D eigenvalue weighted by Gasteiger charge is -2.28. The van der Waals surface area contributed by atoms with Gasteiger partial charge in [-0.15, -0.1) is 0 Å². The van der Waals surface area contributed by atoms with E-state index < -0.39 is 11.6 Å². The molecule has 3 aromatic rings. The maximum atomic E-state index is 14.5. The highest BCUT2D eigenvalue weighted by atomic mass is 19.1. The number of rotatable bonds is 5. The zero-order valence-corrected chi connectivity index (χ0v) is 18.4. The molecule has 0 radical (unpaired) electrons. The van der Waals surface area contributed by atoms with E-state index in [2.05, 4.69) is 15.3 Å². The normalized spacial score (nSPS) is 23.2. The van der Waals surface area contributed by atoms with Gasteiger partial charge in [-0.05, 0) is 68.4 Å². The number of aliphatic hydroxyl groups excluding tert-OH is 1. The Morgan fingerprint density at radius 3 is 2.88 bits per heavy atom. The summed E-state index contributed by atoms with van der Waals surface area (Å²) in [6.07, 6.45) is 8.62. The number of hydrogen-bond donors (Lipinski definition) is 2. The molecule has 2 fully saturated rings. The number of halogens is 2. The summed E-state index contributed by atoms with van der Waals surface area (Å²) < 4.78 is 30.0. The van der Waals surface area contributed by atoms with Crippen LogP contribution in [-0.4, -0.2) is 39.8 Å². The maximum absolute atomic E-state index is 14.5. The van der Waals surface area contributed by atoms with Crippen molar-refractivity contribution < 1.29 is 18.7 Å². The fourth-order valence-electron chi connectivity index (χ4n) is 5.34. The number of anilines is 1. The summed E-state index contributed by atoms with van der Waals surface area (Å²) in [6.45, 7) is 0.867. The zero-order chi connectivity index (χ0) is 22.9. The second-order valence-electron chi connectivity index (χ2n) is 9.18. The van der Waals surface area contributed by atoms with Gasteiger partial charge in [-0.2, -0.15) is 5.10 Å². The number of fused-ring (bicyclic) bond motifs is 1. The van der Waals surface area contributed by atoms with Crippen molar-refractivity contribution in [2.75, 3.05) is 18.1 Å². The van der Waals surface area contributed by atoms with Crippen LogP contribution in [0.3, 0.4) is 0 Å². The molecule has 1 saturated heterocycles. The van der Waals surface area contributed by atoms with Crippen LogP contribution >= 0.6 is 0 Å². The minimum Gasteiger partial charge on any atom is -0.396 e. The Morgan fingerprint density at radius 2 is 2.03 bits per heavy atom. The Labute approximate surface area is 191 Å². The molecule has 3 atom stereocenters. The quantitative estimate of drug-likeness (QED) is 0.605. The van der Waals surface area contributed by atoms with Crippen LogP contribution in [-0.2, 0) is 0 Å². The first-order valence-corrected chi connectivity index (χ1v) is 11.6. The summed E-state index contributed by atoms with van der Waals surface area (Å²) in [6, 6.07) is 7.16. The molecule has 1 saturated carbocycles. The number of benzene rings is 1. The van der Waals surface area contributed by atoms with Gasteiger partial charge in [-0.1, -0.05) is 6.42 Å². The van der Waals surface area contributed by atoms with E-state index in [1.165, 1.54) is 12.1 Å². The molecule has 1 aliphatic carbocycles. The van der Waals surface area contributed by atoms with Gasteiger partial charge in [0.15, 0.2) is 0 Å². The highest BCUT2D eigenvalue weighted by Gasteiger charge is 2.30. The first-order valence-electron chi connectivity index (χ1n) is 11.6. The van der Waals surface area contributed by atoms with Gasteiger partial charge >= 0.3 is 0 Å². The molecule has 174 valence electrons. The second kappa shape index (κ2) is 9.09. The molecule has 2 aliphatic rings. The zero-order valence-electron chi connectivity index (χ0n) is 18.4. The van der Waals surface area contributed by atoms with E-state index in [1.54, 1.807) is 16.9 Å². The average molecular weight is 455 g/mol. The van der Waals surface area contributed by atoms with Crippen molar-refractivity contribution in [1.29, 1.82) is 0 Å². The van der Waals surface area contributed by atoms with Gasteiger partial charge in [-0.25, -0.2) is 13.3 Å². The van der Waals surface area contributed by atoms with Crippen LogP contribution in [0.4, 0.5) is 14.5 Å². The molecule has 0 bridgehead atoms. The van der Waals surface area contributed by atoms with Gasteiger partial charge in [0.2, 0.25) is 0 Å². The first kappa shape index (κ1) is 21.8. The van der Waals surface area contributed by atoms with Crippen molar-refractivity contribution in [2.45, 2.75) is 50.6 Å². The number of nitrogens with zero attached hydrogens (tertiary/aromatic N) is 3. The topological polar surface area (TPSA) is 69.9 Å². The lowest BCUT2D eigenvalue weighted by atomic mass is 9.86. The molecule has 6 nitrogen and oxygen atoms in total. The molecule has 0 spiro atoms. The predicted molar refractivity (Wildman–Crippen MR) is 121 cm³/mol. The van der Waals surface area contributed by atoms with E-state index in [4.69, 9.17) is 0 Å². The molecule has 8 heteroatoms. The van der Waals surface area contributed by atoms with E-state index in [0.29, 0.717) is 16.6 Å². The Bertz CT molecular complexity index is 1160. The molecule has 1 aliphatic heterocycles. The van der Waals surface area contributed by atoms with Gasteiger partial charge in [0, 0.05) is 36.6 Å². The monoisotopic (exact) mass is 454 g/mol. The van der Waals surface area contributed by atoms with Crippen molar-refractivity contribution in [1.82, 2.24) is 14.9 Å². The van der Waals surface area contributed by atoms with Crippen LogP contribution in [0.1, 0.15) is 60.5 Å². The van der Waals surface area contributed by atoms with Crippen LogP contribution in [0.5, 0.6) is 0 Å². The van der Waals surface area contributed by atoms with Crippen LogP contribution in [0.15, 0.2) is 42.7 Å². The number of carbonyl (C=O) groups excluding carboxylic acids is 1. The van der Waals surface area contributed by atoms with E-state index in [0.717, 1.165) is 56.8 Å². The molecule has 33 heavy (non-hydrogen) atoms. The summed E-state index contributed by atoms with van der Waals surface area (Å²) in [4.78, 5) is 15.1. The largest absolute Gasteiger partial charge is 0.396 e. The Hall–Kier alpha value is -3.00. The van der Waals surface area contributed by atoms with E-state index in [9.17, 15) is 18.7 Å². The predicted octanol–water partition coefficient (Wildman–Crippen LogP) is 4.23. The fourth-order valence-corrected chi connectivity index (χ4v) is 5.34. The van der Waals surface area contributed by atoms with Gasteiger partial charge in [-0.3, -0.25) is 4.79 Å². The minimum absolute atomic E-state index is 0.0421. The molecule has 1 aromatic carbocycles. The highest BCUT2D eigenvalue weighted by Crippen LogP contribution is 2.38. The highest BCUT2D eigenvalue weighted by molar-refractivity contribution is 6.01. The van der Waals surface area contributed by atoms with Crippen LogP contribution in [0.25, 0.3) is 5.52 Å². The van der Waals surface area contributed by atoms with Gasteiger partial charge in [0.1, 0.15) is 11.6 Å². The van der Waals surface area contributed by atoms with Crippen LogP contribution < -0.4 is 10.2 Å². The van der Waals surface area contributed by atoms with E-state index in [1.807, 2.05) is 12.1 Å². The van der Waals surface area contributed by atoms with E-state index in [-0.39, 0.29) is 30.5 Å². The van der Waals surface area contributed by atoms with Crippen LogP contribution in [0.2, 0.25) is 0 Å². The summed E-state index contributed by atoms with van der Waals surface area (Å²) in [5.74, 6) is -0.808. The van der Waals surface area contributed by atoms with Crippen LogP contribution in [0, 0.1) is 17.6 Å². The Kier molecular flexibility index (Phi) is 6.01. The summed E-state index contributed by atoms with van der Waals surface area (Å²) in [5, 5.41) is 16.9. The number of hydrogen-bond acceptors (Lipinski definition) is 4. The lowest BCUT2D eigenvalue weighted by molar-refractivity contribution is 0.0907. The molecule has 3 heterocycles. The van der Waals surface area contributed by atoms with Crippen molar-refractivity contribution in [3.05, 3.63) is 65.5 Å². The first-order chi connectivity index (χ1) is 16.0. The molecular weight excluding hydrogens is 426 g/mol. The molecule has 1 amide bonds. The van der Waals surface area contributed by atoms with E-state index >= 15 is 0 Å². The van der Waals surface area contributed by atoms with Gasteiger partial charge in [0.25, 0.3) is 5.91 Å². The summed E-state index contributed by atoms with van der Waals surface area (Å²) in [7, 11) is 0. The third-order valence-electron chi connectivity index (χ3n) is 7.03. The lowest BCUT2D eigenvalue weighted by Crippen LogP contribution is -2.39. The number of carbonyl (C=O) groups is 1. The van der Waals surface area contributed by atoms with Crippen molar-refractivity contribution in [3.63, 3.8) is 0 Å². The third kappa shape index (κ3) is 4.31. The smallest absolute Gasteiger partial charge is 0.255 e. The number of aliphatic hydroxyl groups is 1. The molecule has 5 rings (SSSR count). The number of pyridine rings is 1. The van der Waals surface area contributed by atoms with Gasteiger partial charge < -0.3 is 15.3 Å². The Balaban J connectivity index is 1.41. The number of amides is 1. The Morgan fingerprint density at radius 1 is 1.15 bits per heavy atom. The molecule has 2 unspecified atom stereocenters. The average Bonchev–Trinajstić information content (AvgIpc) is 3.47. The second-order valence-corrected chi connectivity index (χ2v) is 9.18. The summed E-state index contributed by atoms with van der Waals surface area (Å²) >= 11 is 0. The summed E-state index contributed by atoms with van der Waals surface area (Å²) in [5.41, 5.74) is 2.36. The maximum Gasteiger partial charge on any atom is 0.255 e. The number of nitrogens with one attached hydrogen (secondary N) is 1. The van der Waals surface area contributed by atoms with Gasteiger partial charge in [0.05, 0.1) is 23.3 Å². The molecule has 2 N–H and O–H groups in total. The standard InChI is InChI=1S/C25H28F2N4O2/c26-17-6-7-22(27)20(12-17)23-5-2-9-30(23)19-8-10-31-24(13-19)21(14-28-31)25(33)29-18-4-1-3-16(11-18)15-32/h6-8,10,12-14,16,18,23,32H,1-5,9,11,15H2,(H,29,33)/t16?,18?,23-/m1/s1. The minimum atomic E-state index is -0.449. The fraction of sp³-hybridized carbons (Fsp3) is 0.440.